The second-order valence-corrected chi connectivity index (χ2v) is 16.4. The molecule has 1 saturated heterocycles. The van der Waals surface area contributed by atoms with Gasteiger partial charge >= 0.3 is 0 Å². The lowest BCUT2D eigenvalue weighted by molar-refractivity contribution is -0.119. The summed E-state index contributed by atoms with van der Waals surface area (Å²) in [7, 11) is -1.86. The average molecular weight is 488 g/mol. The summed E-state index contributed by atoms with van der Waals surface area (Å²) in [6.07, 6.45) is 2.59. The van der Waals surface area contributed by atoms with Gasteiger partial charge in [-0.25, -0.2) is 0 Å². The van der Waals surface area contributed by atoms with Gasteiger partial charge in [0.1, 0.15) is 5.75 Å². The molecule has 0 spiro atoms. The van der Waals surface area contributed by atoms with Gasteiger partial charge in [-0.1, -0.05) is 20.8 Å². The number of thiophene rings is 1. The molecule has 1 amide bonds. The van der Waals surface area contributed by atoms with Crippen LogP contribution in [0.3, 0.4) is 0 Å². The van der Waals surface area contributed by atoms with Crippen LogP contribution in [0.25, 0.3) is 0 Å². The molecule has 1 aromatic heterocycles. The summed E-state index contributed by atoms with van der Waals surface area (Å²) in [6, 6.07) is 11.6. The fourth-order valence-electron chi connectivity index (χ4n) is 4.22. The van der Waals surface area contributed by atoms with Crippen molar-refractivity contribution in [2.24, 2.45) is 5.73 Å². The van der Waals surface area contributed by atoms with Gasteiger partial charge in [-0.2, -0.15) is 11.3 Å². The van der Waals surface area contributed by atoms with Crippen LogP contribution in [0.5, 0.6) is 5.75 Å². The Morgan fingerprint density at radius 1 is 1.21 bits per heavy atom. The van der Waals surface area contributed by atoms with Crippen molar-refractivity contribution in [1.82, 2.24) is 4.90 Å². The van der Waals surface area contributed by atoms with Crippen molar-refractivity contribution in [3.05, 3.63) is 46.7 Å². The molecule has 2 heterocycles. The topological polar surface area (TPSA) is 58.8 Å². The Morgan fingerprint density at radius 3 is 2.36 bits per heavy atom. The third-order valence-corrected chi connectivity index (χ3v) is 12.4. The van der Waals surface area contributed by atoms with Crippen molar-refractivity contribution < 1.29 is 9.22 Å². The number of rotatable bonds is 9. The zero-order chi connectivity index (χ0) is 24.2. The van der Waals surface area contributed by atoms with E-state index in [0.29, 0.717) is 12.5 Å². The first-order chi connectivity index (χ1) is 15.5. The lowest BCUT2D eigenvalue weighted by Gasteiger charge is -2.41. The number of amides is 1. The first-order valence-corrected chi connectivity index (χ1v) is 15.9. The largest absolute Gasteiger partial charge is 0.544 e. The van der Waals surface area contributed by atoms with Crippen LogP contribution in [-0.2, 0) is 11.3 Å². The Balaban J connectivity index is 1.73. The second kappa shape index (κ2) is 10.6. The Labute approximate surface area is 205 Å². The van der Waals surface area contributed by atoms with Crippen molar-refractivity contribution in [3.8, 4) is 5.75 Å². The van der Waals surface area contributed by atoms with Crippen LogP contribution in [0.1, 0.15) is 52.5 Å². The smallest absolute Gasteiger partial charge is 0.250 e. The predicted molar refractivity (Wildman–Crippen MR) is 143 cm³/mol. The summed E-state index contributed by atoms with van der Waals surface area (Å²) in [5, 5.41) is 4.57. The summed E-state index contributed by atoms with van der Waals surface area (Å²) in [5.41, 5.74) is 8.02. The molecule has 1 aliphatic heterocycles. The van der Waals surface area contributed by atoms with Crippen molar-refractivity contribution in [3.63, 3.8) is 0 Å². The third kappa shape index (κ3) is 6.84. The molecule has 1 atom stereocenters. The lowest BCUT2D eigenvalue weighted by Crippen LogP contribution is -2.48. The molecule has 5 nitrogen and oxygen atoms in total. The molecule has 3 rings (SSSR count). The summed E-state index contributed by atoms with van der Waals surface area (Å²) in [5.74, 6) is 0.750. The Hall–Kier alpha value is -1.83. The zero-order valence-corrected chi connectivity index (χ0v) is 23.0. The molecular formula is C26H41N3O2SSi. The fourth-order valence-corrected chi connectivity index (χ4v) is 5.91. The van der Waals surface area contributed by atoms with E-state index < -0.39 is 8.32 Å². The number of carbonyl (C=O) groups excluding carboxylic acids is 1. The van der Waals surface area contributed by atoms with E-state index in [0.717, 1.165) is 38.2 Å². The zero-order valence-electron chi connectivity index (χ0n) is 21.1. The molecule has 0 aliphatic carbocycles. The van der Waals surface area contributed by atoms with Crippen LogP contribution in [0.4, 0.5) is 5.69 Å². The van der Waals surface area contributed by atoms with E-state index in [1.165, 1.54) is 11.3 Å². The van der Waals surface area contributed by atoms with Gasteiger partial charge in [0.05, 0.1) is 0 Å². The predicted octanol–water partition coefficient (Wildman–Crippen LogP) is 5.87. The maximum atomic E-state index is 11.3. The normalized spacial score (nSPS) is 17.0. The highest BCUT2D eigenvalue weighted by atomic mass is 32.1. The Bertz CT molecular complexity index is 885. The molecular weight excluding hydrogens is 446 g/mol. The van der Waals surface area contributed by atoms with Crippen LogP contribution >= 0.6 is 11.3 Å². The summed E-state index contributed by atoms with van der Waals surface area (Å²) < 4.78 is 6.50. The molecule has 0 saturated carbocycles. The van der Waals surface area contributed by atoms with Gasteiger partial charge in [0.15, 0.2) is 0 Å². The van der Waals surface area contributed by atoms with Gasteiger partial charge < -0.3 is 15.1 Å². The quantitative estimate of drug-likeness (QED) is 0.450. The molecule has 2 N–H and O–H groups in total. The molecule has 2 aromatic rings. The van der Waals surface area contributed by atoms with Crippen molar-refractivity contribution in [2.45, 2.75) is 83.7 Å². The number of likely N-dealkylation sites (tertiary alicyclic amines) is 1. The monoisotopic (exact) mass is 487 g/mol. The fraction of sp³-hybridized carbons (Fsp3) is 0.577. The minimum Gasteiger partial charge on any atom is -0.544 e. The van der Waals surface area contributed by atoms with Crippen LogP contribution in [0.15, 0.2) is 41.1 Å². The number of primary amides is 1. The minimum absolute atomic E-state index is 0.177. The van der Waals surface area contributed by atoms with Crippen molar-refractivity contribution >= 4 is 31.2 Å². The highest BCUT2D eigenvalue weighted by molar-refractivity contribution is 7.07. The number of carbonyl (C=O) groups is 1. The third-order valence-electron chi connectivity index (χ3n) is 7.34. The number of piperidine rings is 1. The van der Waals surface area contributed by atoms with Gasteiger partial charge in [-0.05, 0) is 84.6 Å². The van der Waals surface area contributed by atoms with E-state index in [1.807, 2.05) is 0 Å². The van der Waals surface area contributed by atoms with Gasteiger partial charge in [-0.15, -0.1) is 0 Å². The molecule has 1 fully saturated rings. The number of hydrogen-bond donors (Lipinski definition) is 1. The molecule has 1 aromatic carbocycles. The summed E-state index contributed by atoms with van der Waals surface area (Å²) >= 11 is 1.75. The molecule has 0 radical (unpaired) electrons. The second-order valence-electron chi connectivity index (χ2n) is 10.9. The molecule has 33 heavy (non-hydrogen) atoms. The number of hydrogen-bond acceptors (Lipinski definition) is 5. The standard InChI is InChI=1S/C26H41N3O2SSi/c1-20(17-25(27)30)28-14-11-23(12-15-28)29(18-21-13-16-32-19-21)22-7-9-24(10-8-22)31-33(5,6)26(2,3)4/h7-10,13,16,19-20,23H,11-12,14-15,17-18H2,1-6H3,(H2,27,30)/t20-/m1/s1. The van der Waals surface area contributed by atoms with E-state index in [1.54, 1.807) is 11.3 Å². The van der Waals surface area contributed by atoms with Gasteiger partial charge in [-0.3, -0.25) is 9.69 Å². The van der Waals surface area contributed by atoms with Crippen LogP contribution < -0.4 is 15.1 Å². The summed E-state index contributed by atoms with van der Waals surface area (Å²) in [4.78, 5) is 16.3. The maximum absolute atomic E-state index is 11.3. The van der Waals surface area contributed by atoms with E-state index >= 15 is 0 Å². The Morgan fingerprint density at radius 2 is 1.85 bits per heavy atom. The van der Waals surface area contributed by atoms with Crippen molar-refractivity contribution in [1.29, 1.82) is 0 Å². The first-order valence-electron chi connectivity index (χ1n) is 12.1. The summed E-state index contributed by atoms with van der Waals surface area (Å²) in [6.45, 7) is 16.4. The van der Waals surface area contributed by atoms with Crippen LogP contribution in [0.2, 0.25) is 18.1 Å². The number of nitrogens with two attached hydrogens (primary N) is 1. The molecule has 0 bridgehead atoms. The molecule has 0 unspecified atom stereocenters. The molecule has 1 aliphatic rings. The number of nitrogens with zero attached hydrogens (tertiary/aromatic N) is 2. The number of benzene rings is 1. The van der Waals surface area contributed by atoms with Gasteiger partial charge in [0, 0.05) is 43.8 Å². The van der Waals surface area contributed by atoms with E-state index in [4.69, 9.17) is 10.2 Å². The van der Waals surface area contributed by atoms with Crippen molar-refractivity contribution in [2.75, 3.05) is 18.0 Å². The first kappa shape index (κ1) is 25.8. The van der Waals surface area contributed by atoms with Gasteiger partial charge in [0.25, 0.3) is 0 Å². The Kier molecular flexibility index (Phi) is 8.29. The maximum Gasteiger partial charge on any atom is 0.250 e. The van der Waals surface area contributed by atoms with Gasteiger partial charge in [0.2, 0.25) is 14.2 Å². The van der Waals surface area contributed by atoms with Crippen LogP contribution in [0, 0.1) is 0 Å². The minimum atomic E-state index is -1.86. The van der Waals surface area contributed by atoms with Crippen LogP contribution in [-0.4, -0.2) is 44.3 Å². The highest BCUT2D eigenvalue weighted by Gasteiger charge is 2.39. The molecule has 182 valence electrons. The highest BCUT2D eigenvalue weighted by Crippen LogP contribution is 2.38. The lowest BCUT2D eigenvalue weighted by atomic mass is 9.99. The molecule has 7 heteroatoms. The SMILES string of the molecule is C[C@H](CC(N)=O)N1CCC(N(Cc2ccsc2)c2ccc(O[Si](C)(C)C(C)(C)C)cc2)CC1. The van der Waals surface area contributed by atoms with E-state index in [9.17, 15) is 4.79 Å². The average Bonchev–Trinajstić information content (AvgIpc) is 3.25. The van der Waals surface area contributed by atoms with E-state index in [2.05, 4.69) is 91.7 Å². The van der Waals surface area contributed by atoms with E-state index in [-0.39, 0.29) is 17.0 Å². The number of anilines is 1.